The molecule has 0 aromatic carbocycles. The lowest BCUT2D eigenvalue weighted by Gasteiger charge is -2.16. The van der Waals surface area contributed by atoms with Crippen LogP contribution in [0.25, 0.3) is 0 Å². The van der Waals surface area contributed by atoms with Gasteiger partial charge in [0.1, 0.15) is 5.15 Å². The molecule has 1 aromatic heterocycles. The van der Waals surface area contributed by atoms with Crippen molar-refractivity contribution in [3.63, 3.8) is 0 Å². The first-order chi connectivity index (χ1) is 7.29. The third-order valence-electron chi connectivity index (χ3n) is 2.91. The van der Waals surface area contributed by atoms with Gasteiger partial charge in [-0.2, -0.15) is 0 Å². The number of likely N-dealkylation sites (tertiary alicyclic amines) is 1. The molecule has 0 spiro atoms. The van der Waals surface area contributed by atoms with Gasteiger partial charge in [-0.25, -0.2) is 4.98 Å². The van der Waals surface area contributed by atoms with Crippen LogP contribution in [0.15, 0.2) is 18.3 Å². The summed E-state index contributed by atoms with van der Waals surface area (Å²) in [5.41, 5.74) is 1.12. The molecule has 0 amide bonds. The molecule has 4 heteroatoms. The molecule has 1 aromatic rings. The molecule has 1 unspecified atom stereocenters. The summed E-state index contributed by atoms with van der Waals surface area (Å²) < 4.78 is 0. The summed E-state index contributed by atoms with van der Waals surface area (Å²) in [4.78, 5) is 6.49. The molecule has 2 rings (SSSR count). The zero-order valence-electron chi connectivity index (χ0n) is 8.91. The Balaban J connectivity index is 1.96. The van der Waals surface area contributed by atoms with Crippen LogP contribution in [-0.4, -0.2) is 36.1 Å². The summed E-state index contributed by atoms with van der Waals surface area (Å²) in [5.74, 6) is 0. The molecular weight excluding hydrogens is 210 g/mol. The van der Waals surface area contributed by atoms with Crippen molar-refractivity contribution in [2.24, 2.45) is 0 Å². The first-order valence-electron chi connectivity index (χ1n) is 5.28. The van der Waals surface area contributed by atoms with Gasteiger partial charge in [0.2, 0.25) is 0 Å². The maximum absolute atomic E-state index is 6.02. The van der Waals surface area contributed by atoms with Gasteiger partial charge < -0.3 is 5.32 Å². The summed E-state index contributed by atoms with van der Waals surface area (Å²) in [6.07, 6.45) is 2.95. The Labute approximate surface area is 95.4 Å². The second kappa shape index (κ2) is 4.92. The predicted octanol–water partition coefficient (Wildman–Crippen LogP) is 1.53. The molecule has 0 saturated carbocycles. The van der Waals surface area contributed by atoms with Crippen LogP contribution in [0.5, 0.6) is 0 Å². The highest BCUT2D eigenvalue weighted by atomic mass is 35.5. The van der Waals surface area contributed by atoms with Crippen LogP contribution in [0.1, 0.15) is 12.0 Å². The van der Waals surface area contributed by atoms with Gasteiger partial charge in [0, 0.05) is 37.4 Å². The number of halogens is 1. The lowest BCUT2D eigenvalue weighted by Crippen LogP contribution is -2.29. The molecule has 1 saturated heterocycles. The lowest BCUT2D eigenvalue weighted by atomic mass is 10.2. The Hall–Kier alpha value is -0.640. The van der Waals surface area contributed by atoms with Gasteiger partial charge >= 0.3 is 0 Å². The minimum absolute atomic E-state index is 0.625. The molecule has 0 bridgehead atoms. The van der Waals surface area contributed by atoms with Crippen molar-refractivity contribution in [3.05, 3.63) is 29.0 Å². The fourth-order valence-corrected chi connectivity index (χ4v) is 2.17. The minimum atomic E-state index is 0.625. The fraction of sp³-hybridized carbons (Fsp3) is 0.545. The summed E-state index contributed by atoms with van der Waals surface area (Å²) in [6, 6.07) is 4.61. The zero-order valence-corrected chi connectivity index (χ0v) is 9.67. The van der Waals surface area contributed by atoms with Crippen LogP contribution in [0.2, 0.25) is 5.15 Å². The first-order valence-corrected chi connectivity index (χ1v) is 5.66. The van der Waals surface area contributed by atoms with Crippen LogP contribution in [-0.2, 0) is 6.54 Å². The Morgan fingerprint density at radius 3 is 3.20 bits per heavy atom. The molecule has 0 aliphatic carbocycles. The number of pyridine rings is 1. The van der Waals surface area contributed by atoms with E-state index in [1.54, 1.807) is 6.20 Å². The number of hydrogen-bond acceptors (Lipinski definition) is 3. The van der Waals surface area contributed by atoms with Crippen molar-refractivity contribution in [1.29, 1.82) is 0 Å². The Kier molecular flexibility index (Phi) is 3.57. The molecule has 1 atom stereocenters. The van der Waals surface area contributed by atoms with E-state index >= 15 is 0 Å². The van der Waals surface area contributed by atoms with Crippen molar-refractivity contribution < 1.29 is 0 Å². The molecule has 3 nitrogen and oxygen atoms in total. The van der Waals surface area contributed by atoms with Gasteiger partial charge in [0.15, 0.2) is 0 Å². The third kappa shape index (κ3) is 2.68. The van der Waals surface area contributed by atoms with Gasteiger partial charge in [-0.05, 0) is 19.5 Å². The standard InChI is InChI=1S/C11H16ClN3/c1-13-10-4-6-15(8-10)7-9-3-2-5-14-11(9)12/h2-3,5,10,13H,4,6-8H2,1H3. The van der Waals surface area contributed by atoms with Crippen molar-refractivity contribution in [2.75, 3.05) is 20.1 Å². The van der Waals surface area contributed by atoms with E-state index in [9.17, 15) is 0 Å². The van der Waals surface area contributed by atoms with E-state index in [0.717, 1.165) is 25.2 Å². The smallest absolute Gasteiger partial charge is 0.133 e. The Morgan fingerprint density at radius 1 is 1.67 bits per heavy atom. The minimum Gasteiger partial charge on any atom is -0.316 e. The summed E-state index contributed by atoms with van der Waals surface area (Å²) in [6.45, 7) is 3.14. The summed E-state index contributed by atoms with van der Waals surface area (Å²) in [7, 11) is 2.02. The Bertz CT molecular complexity index is 329. The maximum Gasteiger partial charge on any atom is 0.133 e. The van der Waals surface area contributed by atoms with Crippen LogP contribution >= 0.6 is 11.6 Å². The monoisotopic (exact) mass is 225 g/mol. The lowest BCUT2D eigenvalue weighted by molar-refractivity contribution is 0.322. The van der Waals surface area contributed by atoms with Crippen molar-refractivity contribution >= 4 is 11.6 Å². The highest BCUT2D eigenvalue weighted by Crippen LogP contribution is 2.17. The quantitative estimate of drug-likeness (QED) is 0.791. The highest BCUT2D eigenvalue weighted by molar-refractivity contribution is 6.30. The SMILES string of the molecule is CNC1CCN(Cc2cccnc2Cl)C1. The number of rotatable bonds is 3. The molecule has 1 aliphatic heterocycles. The normalized spacial score (nSPS) is 22.1. The van der Waals surface area contributed by atoms with Gasteiger partial charge in [-0.3, -0.25) is 4.90 Å². The maximum atomic E-state index is 6.02. The van der Waals surface area contributed by atoms with Gasteiger partial charge in [0.05, 0.1) is 0 Å². The molecule has 15 heavy (non-hydrogen) atoms. The van der Waals surface area contributed by atoms with Crippen molar-refractivity contribution in [2.45, 2.75) is 19.0 Å². The molecule has 1 N–H and O–H groups in total. The van der Waals surface area contributed by atoms with Crippen molar-refractivity contribution in [3.8, 4) is 0 Å². The van der Waals surface area contributed by atoms with Crippen LogP contribution in [0, 0.1) is 0 Å². The number of likely N-dealkylation sites (N-methyl/N-ethyl adjacent to an activating group) is 1. The first kappa shape index (κ1) is 10.9. The van der Waals surface area contributed by atoms with Crippen LogP contribution in [0.4, 0.5) is 0 Å². The van der Waals surface area contributed by atoms with E-state index in [-0.39, 0.29) is 0 Å². The number of aromatic nitrogens is 1. The number of nitrogens with zero attached hydrogens (tertiary/aromatic N) is 2. The van der Waals surface area contributed by atoms with Crippen LogP contribution < -0.4 is 5.32 Å². The van der Waals surface area contributed by atoms with Crippen molar-refractivity contribution in [1.82, 2.24) is 15.2 Å². The largest absolute Gasteiger partial charge is 0.316 e. The molecule has 2 heterocycles. The average Bonchev–Trinajstić information content (AvgIpc) is 2.69. The van der Waals surface area contributed by atoms with E-state index in [1.807, 2.05) is 19.2 Å². The summed E-state index contributed by atoms with van der Waals surface area (Å²) in [5, 5.41) is 3.93. The fourth-order valence-electron chi connectivity index (χ4n) is 1.99. The second-order valence-electron chi connectivity index (χ2n) is 3.96. The van der Waals surface area contributed by atoms with E-state index in [2.05, 4.69) is 15.2 Å². The average molecular weight is 226 g/mol. The van der Waals surface area contributed by atoms with Crippen LogP contribution in [0.3, 0.4) is 0 Å². The molecule has 0 radical (unpaired) electrons. The second-order valence-corrected chi connectivity index (χ2v) is 4.32. The number of nitrogens with one attached hydrogen (secondary N) is 1. The molecule has 82 valence electrons. The summed E-state index contributed by atoms with van der Waals surface area (Å²) >= 11 is 6.02. The zero-order chi connectivity index (χ0) is 10.7. The molecular formula is C11H16ClN3. The molecule has 1 aliphatic rings. The molecule has 1 fully saturated rings. The highest BCUT2D eigenvalue weighted by Gasteiger charge is 2.21. The van der Waals surface area contributed by atoms with Gasteiger partial charge in [0.25, 0.3) is 0 Å². The number of hydrogen-bond donors (Lipinski definition) is 1. The Morgan fingerprint density at radius 2 is 2.53 bits per heavy atom. The van der Waals surface area contributed by atoms with E-state index < -0.39 is 0 Å². The van der Waals surface area contributed by atoms with E-state index in [1.165, 1.54) is 6.42 Å². The van der Waals surface area contributed by atoms with Gasteiger partial charge in [-0.1, -0.05) is 17.7 Å². The topological polar surface area (TPSA) is 28.2 Å². The van der Waals surface area contributed by atoms with Gasteiger partial charge in [-0.15, -0.1) is 0 Å². The van der Waals surface area contributed by atoms with E-state index in [0.29, 0.717) is 11.2 Å². The van der Waals surface area contributed by atoms with E-state index in [4.69, 9.17) is 11.6 Å². The predicted molar refractivity (Wildman–Crippen MR) is 62.0 cm³/mol. The third-order valence-corrected chi connectivity index (χ3v) is 3.25.